The Kier molecular flexibility index (Phi) is 5.47. The summed E-state index contributed by atoms with van der Waals surface area (Å²) in [5.41, 5.74) is 0.452. The number of isothiocyanates is 1. The molecule has 0 fully saturated rings. The van der Waals surface area contributed by atoms with E-state index in [0.29, 0.717) is 5.56 Å². The fraction of sp³-hybridized carbons (Fsp3) is 0. The fourth-order valence-corrected chi connectivity index (χ4v) is 1.54. The molecule has 0 saturated carbocycles. The largest absolute Gasteiger partial charge is 0.277 e. The van der Waals surface area contributed by atoms with Gasteiger partial charge in [-0.3, -0.25) is 10.1 Å². The Bertz CT molecular complexity index is 626. The Labute approximate surface area is 114 Å². The summed E-state index contributed by atoms with van der Waals surface area (Å²) >= 11 is 3.81. The Balaban J connectivity index is 0.000000550. The standard InChI is InChI=1S/C12H8FNO2.CHNS/c13-11-7-3-1-5-9(11)10-6-2-4-8-12(10)14(15)16;2-1-3/h1-8H;2H. The van der Waals surface area contributed by atoms with E-state index in [2.05, 4.69) is 12.2 Å². The van der Waals surface area contributed by atoms with Gasteiger partial charge in [0.2, 0.25) is 0 Å². The van der Waals surface area contributed by atoms with E-state index < -0.39 is 10.7 Å². The van der Waals surface area contributed by atoms with Crippen molar-refractivity contribution < 1.29 is 9.31 Å². The zero-order valence-electron chi connectivity index (χ0n) is 9.67. The van der Waals surface area contributed by atoms with E-state index in [1.165, 1.54) is 24.3 Å². The van der Waals surface area contributed by atoms with Gasteiger partial charge < -0.3 is 0 Å². The highest BCUT2D eigenvalue weighted by atomic mass is 32.1. The topological polar surface area (TPSA) is 67.0 Å². The summed E-state index contributed by atoms with van der Waals surface area (Å²) in [7, 11) is 0. The van der Waals surface area contributed by atoms with Crippen LogP contribution in [0.3, 0.4) is 0 Å². The van der Waals surface area contributed by atoms with Crippen molar-refractivity contribution in [3.8, 4) is 11.1 Å². The highest BCUT2D eigenvalue weighted by Crippen LogP contribution is 2.30. The molecule has 0 aromatic heterocycles. The molecule has 1 N–H and O–H groups in total. The number of hydrogen-bond acceptors (Lipinski definition) is 4. The number of para-hydroxylation sites is 1. The number of hydrogen-bond donors (Lipinski definition) is 1. The second-order valence-corrected chi connectivity index (χ2v) is 3.56. The molecule has 0 heterocycles. The van der Waals surface area contributed by atoms with Crippen LogP contribution in [-0.2, 0) is 0 Å². The molecule has 2 rings (SSSR count). The molecule has 0 aliphatic carbocycles. The first-order valence-electron chi connectivity index (χ1n) is 5.14. The van der Waals surface area contributed by atoms with Crippen LogP contribution in [0.2, 0.25) is 0 Å². The summed E-state index contributed by atoms with van der Waals surface area (Å²) < 4.78 is 13.5. The minimum Gasteiger partial charge on any atom is -0.258 e. The molecule has 0 spiro atoms. The zero-order chi connectivity index (χ0) is 14.3. The predicted molar refractivity (Wildman–Crippen MR) is 73.8 cm³/mol. The number of rotatable bonds is 2. The lowest BCUT2D eigenvalue weighted by Crippen LogP contribution is -1.92. The molecule has 2 aromatic carbocycles. The molecule has 0 amide bonds. The maximum absolute atomic E-state index is 13.5. The third kappa shape index (κ3) is 3.77. The summed E-state index contributed by atoms with van der Waals surface area (Å²) in [5.74, 6) is -0.461. The fourth-order valence-electron chi connectivity index (χ4n) is 1.54. The van der Waals surface area contributed by atoms with Crippen LogP contribution in [0.4, 0.5) is 10.1 Å². The minimum atomic E-state index is -0.512. The molecule has 6 heteroatoms. The maximum atomic E-state index is 13.5. The molecule has 0 atom stereocenters. The first kappa shape index (κ1) is 14.6. The van der Waals surface area contributed by atoms with Gasteiger partial charge in [-0.1, -0.05) is 30.3 Å². The Morgan fingerprint density at radius 2 is 1.58 bits per heavy atom. The summed E-state index contributed by atoms with van der Waals surface area (Å²) in [6.07, 6.45) is 0. The highest BCUT2D eigenvalue weighted by molar-refractivity contribution is 7.78. The third-order valence-corrected chi connectivity index (χ3v) is 2.26. The van der Waals surface area contributed by atoms with E-state index in [0.717, 1.165) is 0 Å². The smallest absolute Gasteiger partial charge is 0.258 e. The molecular weight excluding hydrogens is 267 g/mol. The average molecular weight is 276 g/mol. The van der Waals surface area contributed by atoms with Gasteiger partial charge in [0, 0.05) is 11.6 Å². The second-order valence-electron chi connectivity index (χ2n) is 3.36. The molecule has 0 aliphatic rings. The van der Waals surface area contributed by atoms with Crippen LogP contribution >= 0.6 is 12.2 Å². The molecule has 0 saturated heterocycles. The first-order chi connectivity index (χ1) is 9.11. The number of nitro groups is 1. The second kappa shape index (κ2) is 7.10. The number of nitrogens with zero attached hydrogens (tertiary/aromatic N) is 1. The Hall–Kier alpha value is -2.43. The van der Waals surface area contributed by atoms with Gasteiger partial charge in [-0.2, -0.15) is 0 Å². The van der Waals surface area contributed by atoms with Crippen LogP contribution in [-0.4, -0.2) is 10.1 Å². The lowest BCUT2D eigenvalue weighted by molar-refractivity contribution is -0.384. The van der Waals surface area contributed by atoms with Gasteiger partial charge >= 0.3 is 0 Å². The molecular formula is C13H9FN2O2S. The Morgan fingerprint density at radius 3 is 2.11 bits per heavy atom. The van der Waals surface area contributed by atoms with Crippen molar-refractivity contribution in [3.63, 3.8) is 0 Å². The molecule has 0 unspecified atom stereocenters. The summed E-state index contributed by atoms with van der Waals surface area (Å²) in [6.45, 7) is 0. The molecule has 19 heavy (non-hydrogen) atoms. The lowest BCUT2D eigenvalue weighted by atomic mass is 10.0. The Morgan fingerprint density at radius 1 is 1.11 bits per heavy atom. The van der Waals surface area contributed by atoms with Crippen molar-refractivity contribution >= 4 is 23.1 Å². The molecule has 96 valence electrons. The maximum Gasteiger partial charge on any atom is 0.277 e. The third-order valence-electron chi connectivity index (χ3n) is 2.26. The summed E-state index contributed by atoms with van der Waals surface area (Å²) in [6, 6.07) is 12.1. The van der Waals surface area contributed by atoms with Crippen LogP contribution < -0.4 is 0 Å². The van der Waals surface area contributed by atoms with Crippen LogP contribution in [0.15, 0.2) is 48.5 Å². The normalized spacial score (nSPS) is 8.89. The molecule has 0 radical (unpaired) electrons. The van der Waals surface area contributed by atoms with Crippen molar-refractivity contribution in [2.45, 2.75) is 0 Å². The van der Waals surface area contributed by atoms with Gasteiger partial charge in [0.1, 0.15) is 5.82 Å². The monoisotopic (exact) mass is 276 g/mol. The van der Waals surface area contributed by atoms with E-state index in [-0.39, 0.29) is 11.3 Å². The van der Waals surface area contributed by atoms with E-state index >= 15 is 0 Å². The number of benzene rings is 2. The van der Waals surface area contributed by atoms with Crippen LogP contribution in [0.25, 0.3) is 11.1 Å². The van der Waals surface area contributed by atoms with Crippen LogP contribution in [0.5, 0.6) is 0 Å². The van der Waals surface area contributed by atoms with Crippen molar-refractivity contribution in [2.24, 2.45) is 0 Å². The van der Waals surface area contributed by atoms with E-state index in [9.17, 15) is 14.5 Å². The number of nitrogens with one attached hydrogen (secondary N) is 1. The van der Waals surface area contributed by atoms with Crippen molar-refractivity contribution in [2.75, 3.05) is 0 Å². The van der Waals surface area contributed by atoms with Crippen molar-refractivity contribution in [3.05, 3.63) is 64.5 Å². The summed E-state index contributed by atoms with van der Waals surface area (Å²) in [4.78, 5) is 10.3. The van der Waals surface area contributed by atoms with Crippen LogP contribution in [0, 0.1) is 21.3 Å². The van der Waals surface area contributed by atoms with Gasteiger partial charge in [0.25, 0.3) is 5.69 Å². The van der Waals surface area contributed by atoms with Gasteiger partial charge in [-0.05, 0) is 24.4 Å². The summed E-state index contributed by atoms with van der Waals surface area (Å²) in [5, 5.41) is 18.1. The van der Waals surface area contributed by atoms with Gasteiger partial charge in [0.05, 0.1) is 15.6 Å². The number of halogens is 1. The van der Waals surface area contributed by atoms with Gasteiger partial charge in [0.15, 0.2) is 0 Å². The predicted octanol–water partition coefficient (Wildman–Crippen LogP) is 4.07. The van der Waals surface area contributed by atoms with Crippen LogP contribution in [0.1, 0.15) is 0 Å². The number of nitro benzene ring substituents is 1. The SMILES string of the molecule is N=C=S.O=[N+]([O-])c1ccccc1-c1ccccc1F. The van der Waals surface area contributed by atoms with Gasteiger partial charge in [-0.15, -0.1) is 0 Å². The van der Waals surface area contributed by atoms with Crippen molar-refractivity contribution in [1.29, 1.82) is 5.41 Å². The molecule has 0 bridgehead atoms. The highest BCUT2D eigenvalue weighted by Gasteiger charge is 2.16. The quantitative estimate of drug-likeness (QED) is 0.389. The lowest BCUT2D eigenvalue weighted by Gasteiger charge is -2.03. The average Bonchev–Trinajstić information content (AvgIpc) is 2.40. The van der Waals surface area contributed by atoms with E-state index in [1.807, 2.05) is 0 Å². The van der Waals surface area contributed by atoms with Crippen molar-refractivity contribution in [1.82, 2.24) is 0 Å². The molecule has 2 aromatic rings. The molecule has 4 nitrogen and oxygen atoms in total. The van der Waals surface area contributed by atoms with Gasteiger partial charge in [-0.25, -0.2) is 9.80 Å². The minimum absolute atomic E-state index is 0.0902. The zero-order valence-corrected chi connectivity index (χ0v) is 10.5. The van der Waals surface area contributed by atoms with E-state index in [4.69, 9.17) is 5.41 Å². The number of thiocarbonyl (C=S) groups is 1. The molecule has 0 aliphatic heterocycles. The first-order valence-corrected chi connectivity index (χ1v) is 5.54. The van der Waals surface area contributed by atoms with E-state index in [1.54, 1.807) is 29.4 Å².